The number of carbonyl (C=O) groups is 3. The van der Waals surface area contributed by atoms with E-state index in [1.807, 2.05) is 11.0 Å². The molecule has 0 aromatic heterocycles. The number of benzene rings is 1. The van der Waals surface area contributed by atoms with Crippen LogP contribution in [0.25, 0.3) is 0 Å². The van der Waals surface area contributed by atoms with Gasteiger partial charge in [0.2, 0.25) is 17.7 Å². The molecule has 0 aliphatic carbocycles. The third-order valence-electron chi connectivity index (χ3n) is 9.65. The number of nitrogens with one attached hydrogen (secondary N) is 2. The number of para-hydroxylation sites is 1. The van der Waals surface area contributed by atoms with E-state index in [0.717, 1.165) is 39.0 Å². The van der Waals surface area contributed by atoms with Gasteiger partial charge in [0.1, 0.15) is 6.04 Å². The fraction of sp³-hybridized carbons (Fsp3) is 0.667. The summed E-state index contributed by atoms with van der Waals surface area (Å²) in [5, 5.41) is 6.44. The van der Waals surface area contributed by atoms with Crippen LogP contribution in [-0.4, -0.2) is 98.6 Å². The van der Waals surface area contributed by atoms with Crippen molar-refractivity contribution in [1.29, 1.82) is 0 Å². The van der Waals surface area contributed by atoms with Gasteiger partial charge in [-0.25, -0.2) is 0 Å². The highest BCUT2D eigenvalue weighted by Gasteiger charge is 2.43. The molecular weight excluding hydrogens is 530 g/mol. The number of hydrogen-bond donors (Lipinski definition) is 2. The number of piperidine rings is 1. The van der Waals surface area contributed by atoms with Gasteiger partial charge < -0.3 is 25.2 Å². The number of piperazine rings is 1. The summed E-state index contributed by atoms with van der Waals surface area (Å²) in [5.74, 6) is 0.577. The number of nitrogens with zero attached hydrogens (tertiary/aromatic N) is 3. The summed E-state index contributed by atoms with van der Waals surface area (Å²) in [6, 6.07) is 9.88. The molecule has 3 fully saturated rings. The molecule has 1 spiro atoms. The first-order valence-electron chi connectivity index (χ1n) is 16.0. The fourth-order valence-corrected chi connectivity index (χ4v) is 6.90. The van der Waals surface area contributed by atoms with E-state index >= 15 is 0 Å². The molecule has 3 atom stereocenters. The summed E-state index contributed by atoms with van der Waals surface area (Å²) < 4.78 is 5.74. The van der Waals surface area contributed by atoms with Crippen LogP contribution in [0, 0.1) is 17.3 Å². The Bertz CT molecular complexity index is 1090. The Morgan fingerprint density at radius 2 is 1.74 bits per heavy atom. The normalized spacial score (nSPS) is 28.3. The van der Waals surface area contributed by atoms with Crippen LogP contribution in [0.2, 0.25) is 0 Å². The first-order valence-corrected chi connectivity index (χ1v) is 16.0. The van der Waals surface area contributed by atoms with E-state index in [-0.39, 0.29) is 35.6 Å². The van der Waals surface area contributed by atoms with Gasteiger partial charge in [0.15, 0.2) is 0 Å². The third-order valence-corrected chi connectivity index (χ3v) is 9.65. The van der Waals surface area contributed by atoms with Crippen molar-refractivity contribution < 1.29 is 19.1 Å². The SMILES string of the molecule is CC(C)C[C@H]1NC(=O)C2(C/C=C\C[C@@H]3COCC[C@@H]3NC1=O)CCN(CC(=O)N1CCN(c3ccccc3)CC1)CC2. The van der Waals surface area contributed by atoms with E-state index in [1.165, 1.54) is 5.69 Å². The molecule has 3 saturated heterocycles. The minimum Gasteiger partial charge on any atom is -0.381 e. The zero-order chi connectivity index (χ0) is 29.5. The first-order chi connectivity index (χ1) is 20.3. The van der Waals surface area contributed by atoms with Gasteiger partial charge in [-0.2, -0.15) is 0 Å². The van der Waals surface area contributed by atoms with Gasteiger partial charge >= 0.3 is 0 Å². The Morgan fingerprint density at radius 1 is 1.00 bits per heavy atom. The van der Waals surface area contributed by atoms with Crippen LogP contribution in [0.4, 0.5) is 5.69 Å². The zero-order valence-electron chi connectivity index (χ0n) is 25.4. The Kier molecular flexibility index (Phi) is 10.2. The Morgan fingerprint density at radius 3 is 2.45 bits per heavy atom. The second-order valence-corrected chi connectivity index (χ2v) is 13.1. The van der Waals surface area contributed by atoms with E-state index < -0.39 is 11.5 Å². The van der Waals surface area contributed by atoms with E-state index in [2.05, 4.69) is 70.7 Å². The number of anilines is 1. The van der Waals surface area contributed by atoms with Gasteiger partial charge in [-0.15, -0.1) is 0 Å². The lowest BCUT2D eigenvalue weighted by Crippen LogP contribution is -2.57. The van der Waals surface area contributed by atoms with Crippen molar-refractivity contribution in [2.24, 2.45) is 17.3 Å². The molecule has 4 heterocycles. The lowest BCUT2D eigenvalue weighted by atomic mass is 9.74. The molecule has 0 bridgehead atoms. The molecule has 230 valence electrons. The second-order valence-electron chi connectivity index (χ2n) is 13.1. The van der Waals surface area contributed by atoms with Crippen molar-refractivity contribution >= 4 is 23.4 Å². The molecule has 4 aliphatic rings. The number of likely N-dealkylation sites (tertiary alicyclic amines) is 1. The molecule has 3 amide bonds. The summed E-state index contributed by atoms with van der Waals surface area (Å²) in [6.07, 6.45) is 8.56. The summed E-state index contributed by atoms with van der Waals surface area (Å²) in [7, 11) is 0. The van der Waals surface area contributed by atoms with Crippen molar-refractivity contribution in [3.8, 4) is 0 Å². The monoisotopic (exact) mass is 579 g/mol. The molecule has 9 nitrogen and oxygen atoms in total. The van der Waals surface area contributed by atoms with E-state index in [0.29, 0.717) is 58.5 Å². The minimum atomic E-state index is -0.575. The second kappa shape index (κ2) is 14.0. The van der Waals surface area contributed by atoms with Crippen molar-refractivity contribution in [2.45, 2.75) is 64.5 Å². The average molecular weight is 580 g/mol. The highest BCUT2D eigenvalue weighted by atomic mass is 16.5. The molecule has 2 N–H and O–H groups in total. The summed E-state index contributed by atoms with van der Waals surface area (Å²) in [5.41, 5.74) is 0.629. The molecule has 5 rings (SSSR count). The molecular formula is C33H49N5O4. The Balaban J connectivity index is 1.20. The molecule has 1 aromatic carbocycles. The molecule has 0 saturated carbocycles. The van der Waals surface area contributed by atoms with E-state index in [1.54, 1.807) is 0 Å². The predicted molar refractivity (Wildman–Crippen MR) is 164 cm³/mol. The summed E-state index contributed by atoms with van der Waals surface area (Å²) in [4.78, 5) is 47.1. The zero-order valence-corrected chi connectivity index (χ0v) is 25.4. The van der Waals surface area contributed by atoms with Gasteiger partial charge in [0.25, 0.3) is 0 Å². The summed E-state index contributed by atoms with van der Waals surface area (Å²) in [6.45, 7) is 10.4. The number of amides is 3. The van der Waals surface area contributed by atoms with Gasteiger partial charge in [0, 0.05) is 50.4 Å². The third kappa shape index (κ3) is 7.53. The van der Waals surface area contributed by atoms with E-state index in [4.69, 9.17) is 4.74 Å². The Hall–Kier alpha value is -2.91. The Labute approximate surface area is 251 Å². The highest BCUT2D eigenvalue weighted by Crippen LogP contribution is 2.37. The standard InChI is InChI=1S/C33H49N5O4/c1-25(2)22-29-31(40)34-28-11-21-42-24-26(28)8-6-7-12-33(32(41)35-29)13-15-36(16-14-33)23-30(39)38-19-17-37(18-20-38)27-9-4-3-5-10-27/h3-7,9-10,25-26,28-29H,8,11-24H2,1-2H3,(H,34,40)(H,35,41)/b7-6-/t26-,28+,29-/m1/s1. The van der Waals surface area contributed by atoms with Crippen molar-refractivity contribution in [3.05, 3.63) is 42.5 Å². The molecule has 0 unspecified atom stereocenters. The number of rotatable bonds is 5. The fourth-order valence-electron chi connectivity index (χ4n) is 6.90. The lowest BCUT2D eigenvalue weighted by molar-refractivity contribution is -0.139. The topological polar surface area (TPSA) is 94.2 Å². The number of allylic oxidation sites excluding steroid dienone is 2. The maximum Gasteiger partial charge on any atom is 0.242 e. The minimum absolute atomic E-state index is 0.0277. The largest absolute Gasteiger partial charge is 0.381 e. The van der Waals surface area contributed by atoms with Crippen molar-refractivity contribution in [1.82, 2.24) is 20.4 Å². The van der Waals surface area contributed by atoms with Crippen LogP contribution in [0.1, 0.15) is 52.4 Å². The number of fused-ring (bicyclic) bond motifs is 1. The van der Waals surface area contributed by atoms with Crippen LogP contribution in [-0.2, 0) is 19.1 Å². The van der Waals surface area contributed by atoms with Crippen molar-refractivity contribution in [2.75, 3.05) is 63.9 Å². The van der Waals surface area contributed by atoms with Gasteiger partial charge in [-0.05, 0) is 69.7 Å². The molecule has 42 heavy (non-hydrogen) atoms. The molecule has 0 radical (unpaired) electrons. The van der Waals surface area contributed by atoms with Gasteiger partial charge in [-0.1, -0.05) is 44.2 Å². The summed E-state index contributed by atoms with van der Waals surface area (Å²) >= 11 is 0. The molecule has 1 aromatic rings. The average Bonchev–Trinajstić information content (AvgIpc) is 3.00. The first kappa shape index (κ1) is 30.5. The van der Waals surface area contributed by atoms with Crippen LogP contribution < -0.4 is 15.5 Å². The molecule has 4 aliphatic heterocycles. The molecule has 9 heteroatoms. The van der Waals surface area contributed by atoms with Crippen LogP contribution in [0.5, 0.6) is 0 Å². The van der Waals surface area contributed by atoms with Gasteiger partial charge in [-0.3, -0.25) is 19.3 Å². The van der Waals surface area contributed by atoms with E-state index in [9.17, 15) is 14.4 Å². The number of ether oxygens (including phenoxy) is 1. The maximum absolute atomic E-state index is 13.9. The van der Waals surface area contributed by atoms with Crippen LogP contribution in [0.15, 0.2) is 42.5 Å². The smallest absolute Gasteiger partial charge is 0.242 e. The van der Waals surface area contributed by atoms with Crippen LogP contribution in [0.3, 0.4) is 0 Å². The maximum atomic E-state index is 13.9. The number of hydrogen-bond acceptors (Lipinski definition) is 6. The quantitative estimate of drug-likeness (QED) is 0.522. The van der Waals surface area contributed by atoms with Crippen LogP contribution >= 0.6 is 0 Å². The lowest BCUT2D eigenvalue weighted by Gasteiger charge is -2.42. The highest BCUT2D eigenvalue weighted by molar-refractivity contribution is 5.90. The predicted octanol–water partition coefficient (Wildman–Crippen LogP) is 2.82. The number of carbonyl (C=O) groups excluding carboxylic acids is 3. The van der Waals surface area contributed by atoms with Crippen molar-refractivity contribution in [3.63, 3.8) is 0 Å². The van der Waals surface area contributed by atoms with Gasteiger partial charge in [0.05, 0.1) is 18.6 Å².